The van der Waals surface area contributed by atoms with Gasteiger partial charge in [0.05, 0.1) is 17.9 Å². The van der Waals surface area contributed by atoms with Gasteiger partial charge in [0, 0.05) is 13.1 Å². The minimum absolute atomic E-state index is 0.0991. The molecule has 4 nitrogen and oxygen atoms in total. The summed E-state index contributed by atoms with van der Waals surface area (Å²) in [5, 5.41) is 2.70. The van der Waals surface area contributed by atoms with Crippen molar-refractivity contribution in [2.75, 3.05) is 30.3 Å². The molecule has 0 spiro atoms. The molecular formula is C12H18FN3O. The van der Waals surface area contributed by atoms with E-state index < -0.39 is 0 Å². The topological polar surface area (TPSA) is 58.4 Å². The molecule has 0 saturated heterocycles. The van der Waals surface area contributed by atoms with Crippen LogP contribution >= 0.6 is 0 Å². The van der Waals surface area contributed by atoms with Crippen LogP contribution in [0.15, 0.2) is 18.2 Å². The number of hydrogen-bond acceptors (Lipinski definition) is 3. The van der Waals surface area contributed by atoms with Crippen LogP contribution in [-0.4, -0.2) is 25.5 Å². The molecule has 0 heterocycles. The number of nitrogens with one attached hydrogen (secondary N) is 1. The van der Waals surface area contributed by atoms with Gasteiger partial charge in [-0.1, -0.05) is 0 Å². The van der Waals surface area contributed by atoms with Gasteiger partial charge in [0.25, 0.3) is 0 Å². The maximum absolute atomic E-state index is 13.1. The summed E-state index contributed by atoms with van der Waals surface area (Å²) >= 11 is 0. The van der Waals surface area contributed by atoms with Crippen molar-refractivity contribution in [1.29, 1.82) is 0 Å². The Morgan fingerprint density at radius 3 is 2.76 bits per heavy atom. The molecule has 0 saturated carbocycles. The van der Waals surface area contributed by atoms with Gasteiger partial charge in [-0.25, -0.2) is 4.39 Å². The maximum atomic E-state index is 13.1. The van der Waals surface area contributed by atoms with Gasteiger partial charge in [0.2, 0.25) is 5.91 Å². The van der Waals surface area contributed by atoms with Crippen LogP contribution in [0, 0.1) is 5.82 Å². The van der Waals surface area contributed by atoms with E-state index in [0.29, 0.717) is 24.5 Å². The first kappa shape index (κ1) is 13.3. The van der Waals surface area contributed by atoms with Crippen LogP contribution in [0.4, 0.5) is 15.8 Å². The largest absolute Gasteiger partial charge is 0.397 e. The van der Waals surface area contributed by atoms with Gasteiger partial charge in [0.15, 0.2) is 0 Å². The molecule has 0 aliphatic carbocycles. The van der Waals surface area contributed by atoms with Gasteiger partial charge in [-0.15, -0.1) is 0 Å². The summed E-state index contributed by atoms with van der Waals surface area (Å²) in [5.41, 5.74) is 6.80. The molecule has 0 radical (unpaired) electrons. The Morgan fingerprint density at radius 2 is 2.18 bits per heavy atom. The molecule has 0 bridgehead atoms. The van der Waals surface area contributed by atoms with Crippen LogP contribution in [0.5, 0.6) is 0 Å². The number of likely N-dealkylation sites (N-methyl/N-ethyl adjacent to an activating group) is 2. The lowest BCUT2D eigenvalue weighted by Gasteiger charge is -2.23. The second-order valence-corrected chi connectivity index (χ2v) is 3.67. The SMILES string of the molecule is CCNC(=O)CN(CC)c1cc(F)ccc1N. The third kappa shape index (κ3) is 3.62. The van der Waals surface area contributed by atoms with Gasteiger partial charge in [-0.2, -0.15) is 0 Å². The molecule has 0 aromatic heterocycles. The Balaban J connectivity index is 2.85. The van der Waals surface area contributed by atoms with Crippen LogP contribution in [0.25, 0.3) is 0 Å². The number of nitrogen functional groups attached to an aromatic ring is 1. The number of carbonyl (C=O) groups excluding carboxylic acids is 1. The zero-order chi connectivity index (χ0) is 12.8. The highest BCUT2D eigenvalue weighted by Gasteiger charge is 2.12. The molecule has 0 unspecified atom stereocenters. The number of nitrogens with zero attached hydrogens (tertiary/aromatic N) is 1. The third-order valence-corrected chi connectivity index (χ3v) is 2.42. The number of benzene rings is 1. The van der Waals surface area contributed by atoms with E-state index >= 15 is 0 Å². The number of amides is 1. The Kier molecular flexibility index (Phi) is 4.75. The van der Waals surface area contributed by atoms with E-state index in [1.54, 1.807) is 4.90 Å². The molecule has 0 aliphatic rings. The van der Waals surface area contributed by atoms with E-state index in [4.69, 9.17) is 5.73 Å². The first-order valence-electron chi connectivity index (χ1n) is 5.65. The minimum Gasteiger partial charge on any atom is -0.397 e. The zero-order valence-electron chi connectivity index (χ0n) is 10.2. The highest BCUT2D eigenvalue weighted by Crippen LogP contribution is 2.23. The predicted octanol–water partition coefficient (Wildman–Crippen LogP) is 1.37. The van der Waals surface area contributed by atoms with Gasteiger partial charge in [0.1, 0.15) is 5.82 Å². The third-order valence-electron chi connectivity index (χ3n) is 2.42. The second-order valence-electron chi connectivity index (χ2n) is 3.67. The lowest BCUT2D eigenvalue weighted by atomic mass is 10.2. The van der Waals surface area contributed by atoms with Gasteiger partial charge in [-0.05, 0) is 32.0 Å². The fourth-order valence-electron chi connectivity index (χ4n) is 1.58. The average Bonchev–Trinajstić information content (AvgIpc) is 2.30. The number of anilines is 2. The minimum atomic E-state index is -0.358. The Labute approximate surface area is 101 Å². The molecule has 94 valence electrons. The molecule has 0 fully saturated rings. The lowest BCUT2D eigenvalue weighted by molar-refractivity contribution is -0.119. The first-order chi connectivity index (χ1) is 8.08. The highest BCUT2D eigenvalue weighted by molar-refractivity contribution is 5.83. The summed E-state index contributed by atoms with van der Waals surface area (Å²) in [7, 11) is 0. The smallest absolute Gasteiger partial charge is 0.239 e. The van der Waals surface area contributed by atoms with Crippen LogP contribution in [0.1, 0.15) is 13.8 Å². The van der Waals surface area contributed by atoms with E-state index in [2.05, 4.69) is 5.32 Å². The summed E-state index contributed by atoms with van der Waals surface area (Å²) in [5.74, 6) is -0.457. The van der Waals surface area contributed by atoms with Crippen molar-refractivity contribution >= 4 is 17.3 Å². The number of halogens is 1. The van der Waals surface area contributed by atoms with Crippen molar-refractivity contribution in [2.24, 2.45) is 0 Å². The van der Waals surface area contributed by atoms with Crippen molar-refractivity contribution in [3.8, 4) is 0 Å². The summed E-state index contributed by atoms with van der Waals surface area (Å²) in [6.07, 6.45) is 0. The Hall–Kier alpha value is -1.78. The fourth-order valence-corrected chi connectivity index (χ4v) is 1.58. The quantitative estimate of drug-likeness (QED) is 0.763. The van der Waals surface area contributed by atoms with E-state index in [9.17, 15) is 9.18 Å². The molecule has 1 aromatic carbocycles. The number of rotatable bonds is 5. The normalized spacial score (nSPS) is 10.1. The lowest BCUT2D eigenvalue weighted by Crippen LogP contribution is -2.37. The van der Waals surface area contributed by atoms with Crippen LogP contribution < -0.4 is 16.0 Å². The number of hydrogen-bond donors (Lipinski definition) is 2. The summed E-state index contributed by atoms with van der Waals surface area (Å²) in [6.45, 7) is 5.09. The van der Waals surface area contributed by atoms with E-state index in [-0.39, 0.29) is 18.3 Å². The van der Waals surface area contributed by atoms with Crippen molar-refractivity contribution in [2.45, 2.75) is 13.8 Å². The first-order valence-corrected chi connectivity index (χ1v) is 5.65. The molecule has 17 heavy (non-hydrogen) atoms. The van der Waals surface area contributed by atoms with Gasteiger partial charge < -0.3 is 16.0 Å². The summed E-state index contributed by atoms with van der Waals surface area (Å²) in [6, 6.07) is 4.15. The summed E-state index contributed by atoms with van der Waals surface area (Å²) < 4.78 is 13.1. The van der Waals surface area contributed by atoms with E-state index in [1.165, 1.54) is 18.2 Å². The van der Waals surface area contributed by atoms with Crippen LogP contribution in [0.3, 0.4) is 0 Å². The van der Waals surface area contributed by atoms with Crippen molar-refractivity contribution in [3.05, 3.63) is 24.0 Å². The molecule has 0 atom stereocenters. The molecule has 1 aromatic rings. The van der Waals surface area contributed by atoms with E-state index in [1.807, 2.05) is 13.8 Å². The molecule has 1 amide bonds. The van der Waals surface area contributed by atoms with E-state index in [0.717, 1.165) is 0 Å². The fraction of sp³-hybridized carbons (Fsp3) is 0.417. The number of carbonyl (C=O) groups is 1. The maximum Gasteiger partial charge on any atom is 0.239 e. The molecular weight excluding hydrogens is 221 g/mol. The standard InChI is InChI=1S/C12H18FN3O/c1-3-15-12(17)8-16(4-2)11-7-9(13)5-6-10(11)14/h5-7H,3-4,8,14H2,1-2H3,(H,15,17). The number of nitrogens with two attached hydrogens (primary N) is 1. The molecule has 1 rings (SSSR count). The Morgan fingerprint density at radius 1 is 1.47 bits per heavy atom. The van der Waals surface area contributed by atoms with Gasteiger partial charge >= 0.3 is 0 Å². The Bertz CT molecular complexity index is 395. The molecule has 0 aliphatic heterocycles. The zero-order valence-corrected chi connectivity index (χ0v) is 10.2. The molecule has 5 heteroatoms. The predicted molar refractivity (Wildman–Crippen MR) is 67.4 cm³/mol. The average molecular weight is 239 g/mol. The van der Waals surface area contributed by atoms with Crippen molar-refractivity contribution in [3.63, 3.8) is 0 Å². The van der Waals surface area contributed by atoms with Gasteiger partial charge in [-0.3, -0.25) is 4.79 Å². The summed E-state index contributed by atoms with van der Waals surface area (Å²) in [4.78, 5) is 13.2. The van der Waals surface area contributed by atoms with Crippen LogP contribution in [0.2, 0.25) is 0 Å². The van der Waals surface area contributed by atoms with Crippen molar-refractivity contribution < 1.29 is 9.18 Å². The van der Waals surface area contributed by atoms with Crippen molar-refractivity contribution in [1.82, 2.24) is 5.32 Å². The van der Waals surface area contributed by atoms with Crippen LogP contribution in [-0.2, 0) is 4.79 Å². The molecule has 3 N–H and O–H groups in total. The highest BCUT2D eigenvalue weighted by atomic mass is 19.1. The second kappa shape index (κ2) is 6.08. The monoisotopic (exact) mass is 239 g/mol.